The first-order valence-electron chi connectivity index (χ1n) is 7.26. The summed E-state index contributed by atoms with van der Waals surface area (Å²) in [5.74, 6) is 1.65. The van der Waals surface area contributed by atoms with Crippen LogP contribution in [0, 0.1) is 19.8 Å². The van der Waals surface area contributed by atoms with Gasteiger partial charge in [0.2, 0.25) is 0 Å². The van der Waals surface area contributed by atoms with Crippen molar-refractivity contribution in [3.8, 4) is 0 Å². The molecule has 1 aromatic rings. The molecule has 0 unspecified atom stereocenters. The molecule has 3 nitrogen and oxygen atoms in total. The molecule has 0 aromatic carbocycles. The van der Waals surface area contributed by atoms with Crippen LogP contribution in [0.25, 0.3) is 0 Å². The Hall–Kier alpha value is -0.830. The van der Waals surface area contributed by atoms with Gasteiger partial charge in [-0.2, -0.15) is 0 Å². The Balaban J connectivity index is 2.34. The van der Waals surface area contributed by atoms with Crippen LogP contribution in [0.15, 0.2) is 0 Å². The van der Waals surface area contributed by atoms with E-state index in [-0.39, 0.29) is 0 Å². The van der Waals surface area contributed by atoms with E-state index in [9.17, 15) is 0 Å². The molecule has 0 bridgehead atoms. The number of halogens is 1. The van der Waals surface area contributed by atoms with Crippen LogP contribution in [0.4, 0.5) is 5.82 Å². The predicted molar refractivity (Wildman–Crippen MR) is 81.0 cm³/mol. The lowest BCUT2D eigenvalue weighted by Crippen LogP contribution is -2.37. The minimum atomic E-state index is 0.525. The zero-order valence-electron chi connectivity index (χ0n) is 12.4. The fourth-order valence-electron chi connectivity index (χ4n) is 2.85. The molecule has 0 aliphatic heterocycles. The van der Waals surface area contributed by atoms with Gasteiger partial charge in [0.05, 0.1) is 0 Å². The third kappa shape index (κ3) is 3.19. The normalized spacial score (nSPS) is 16.3. The second kappa shape index (κ2) is 6.08. The van der Waals surface area contributed by atoms with Crippen LogP contribution in [0.5, 0.6) is 0 Å². The average Bonchev–Trinajstić information content (AvgIpc) is 2.87. The number of hydrogen-bond donors (Lipinski definition) is 0. The van der Waals surface area contributed by atoms with Crippen LogP contribution in [0.1, 0.15) is 50.7 Å². The maximum Gasteiger partial charge on any atom is 0.155 e. The van der Waals surface area contributed by atoms with E-state index in [1.54, 1.807) is 0 Å². The molecule has 0 amide bonds. The predicted octanol–water partition coefficient (Wildman–Crippen LogP) is 4.15. The lowest BCUT2D eigenvalue weighted by molar-refractivity contribution is 0.527. The molecule has 0 radical (unpaired) electrons. The Bertz CT molecular complexity index is 439. The van der Waals surface area contributed by atoms with E-state index in [2.05, 4.69) is 35.9 Å². The molecule has 1 heterocycles. The van der Waals surface area contributed by atoms with E-state index in [1.165, 1.54) is 31.2 Å². The zero-order chi connectivity index (χ0) is 14.0. The van der Waals surface area contributed by atoms with Crippen LogP contribution >= 0.6 is 11.6 Å². The highest BCUT2D eigenvalue weighted by molar-refractivity contribution is 6.30. The SMILES string of the molecule is Cc1c(Cl)nnc(N(CC(C)C)C2CCCC2)c1C. The monoisotopic (exact) mass is 281 g/mol. The molecule has 106 valence electrons. The number of anilines is 1. The third-order valence-corrected chi connectivity index (χ3v) is 4.40. The Labute approximate surface area is 121 Å². The Kier molecular flexibility index (Phi) is 4.67. The molecule has 1 saturated carbocycles. The molecule has 1 fully saturated rings. The minimum Gasteiger partial charge on any atom is -0.352 e. The van der Waals surface area contributed by atoms with Crippen molar-refractivity contribution in [2.24, 2.45) is 5.92 Å². The fourth-order valence-corrected chi connectivity index (χ4v) is 3.03. The van der Waals surface area contributed by atoms with Gasteiger partial charge in [0, 0.05) is 12.6 Å². The standard InChI is InChI=1S/C15H24ClN3/c1-10(2)9-19(13-7-5-6-8-13)15-12(4)11(3)14(16)17-18-15/h10,13H,5-9H2,1-4H3. The van der Waals surface area contributed by atoms with Crippen molar-refractivity contribution in [3.63, 3.8) is 0 Å². The summed E-state index contributed by atoms with van der Waals surface area (Å²) in [6.07, 6.45) is 5.21. The summed E-state index contributed by atoms with van der Waals surface area (Å²) < 4.78 is 0. The van der Waals surface area contributed by atoms with Crippen LogP contribution in [-0.4, -0.2) is 22.8 Å². The summed E-state index contributed by atoms with van der Waals surface area (Å²) in [4.78, 5) is 2.46. The van der Waals surface area contributed by atoms with Crippen molar-refractivity contribution in [1.82, 2.24) is 10.2 Å². The van der Waals surface area contributed by atoms with E-state index in [0.717, 1.165) is 17.9 Å². The second-order valence-electron chi connectivity index (χ2n) is 6.05. The third-order valence-electron chi connectivity index (χ3n) is 4.04. The number of aromatic nitrogens is 2. The highest BCUT2D eigenvalue weighted by Crippen LogP contribution is 2.31. The van der Waals surface area contributed by atoms with Gasteiger partial charge in [-0.05, 0) is 43.7 Å². The molecular weight excluding hydrogens is 258 g/mol. The van der Waals surface area contributed by atoms with Crippen molar-refractivity contribution >= 4 is 17.4 Å². The van der Waals surface area contributed by atoms with Crippen LogP contribution in [-0.2, 0) is 0 Å². The van der Waals surface area contributed by atoms with Gasteiger partial charge in [-0.15, -0.1) is 10.2 Å². The molecular formula is C15H24ClN3. The van der Waals surface area contributed by atoms with Crippen molar-refractivity contribution < 1.29 is 0 Å². The quantitative estimate of drug-likeness (QED) is 0.830. The van der Waals surface area contributed by atoms with E-state index < -0.39 is 0 Å². The van der Waals surface area contributed by atoms with Gasteiger partial charge in [0.15, 0.2) is 11.0 Å². The Morgan fingerprint density at radius 3 is 2.37 bits per heavy atom. The number of rotatable bonds is 4. The molecule has 19 heavy (non-hydrogen) atoms. The summed E-state index contributed by atoms with van der Waals surface area (Å²) in [5, 5.41) is 9.02. The maximum atomic E-state index is 6.06. The Morgan fingerprint density at radius 1 is 1.16 bits per heavy atom. The summed E-state index contributed by atoms with van der Waals surface area (Å²) in [6.45, 7) is 9.69. The molecule has 1 aliphatic carbocycles. The highest BCUT2D eigenvalue weighted by atomic mass is 35.5. The zero-order valence-corrected chi connectivity index (χ0v) is 13.2. The molecule has 0 atom stereocenters. The van der Waals surface area contributed by atoms with E-state index >= 15 is 0 Å². The minimum absolute atomic E-state index is 0.525. The molecule has 2 rings (SSSR count). The summed E-state index contributed by atoms with van der Waals surface area (Å²) in [6, 6.07) is 0.621. The smallest absolute Gasteiger partial charge is 0.155 e. The van der Waals surface area contributed by atoms with Gasteiger partial charge in [-0.3, -0.25) is 0 Å². The Morgan fingerprint density at radius 2 is 1.79 bits per heavy atom. The highest BCUT2D eigenvalue weighted by Gasteiger charge is 2.26. The van der Waals surface area contributed by atoms with Crippen molar-refractivity contribution in [1.29, 1.82) is 0 Å². The van der Waals surface area contributed by atoms with Crippen molar-refractivity contribution in [2.45, 2.75) is 59.4 Å². The van der Waals surface area contributed by atoms with Gasteiger partial charge < -0.3 is 4.90 Å². The van der Waals surface area contributed by atoms with Gasteiger partial charge in [-0.25, -0.2) is 0 Å². The largest absolute Gasteiger partial charge is 0.352 e. The molecule has 0 saturated heterocycles. The van der Waals surface area contributed by atoms with Gasteiger partial charge >= 0.3 is 0 Å². The average molecular weight is 282 g/mol. The first kappa shape index (κ1) is 14.6. The van der Waals surface area contributed by atoms with Crippen LogP contribution in [0.2, 0.25) is 5.15 Å². The van der Waals surface area contributed by atoms with Gasteiger partial charge in [0.25, 0.3) is 0 Å². The van der Waals surface area contributed by atoms with Gasteiger partial charge in [0.1, 0.15) is 0 Å². The molecule has 1 aliphatic rings. The molecule has 4 heteroatoms. The number of nitrogens with zero attached hydrogens (tertiary/aromatic N) is 3. The second-order valence-corrected chi connectivity index (χ2v) is 6.41. The van der Waals surface area contributed by atoms with Crippen molar-refractivity contribution in [3.05, 3.63) is 16.3 Å². The first-order chi connectivity index (χ1) is 9.00. The van der Waals surface area contributed by atoms with Gasteiger partial charge in [-0.1, -0.05) is 38.3 Å². The fraction of sp³-hybridized carbons (Fsp3) is 0.733. The maximum absolute atomic E-state index is 6.06. The lowest BCUT2D eigenvalue weighted by Gasteiger charge is -2.32. The summed E-state index contributed by atoms with van der Waals surface area (Å²) in [7, 11) is 0. The number of hydrogen-bond acceptors (Lipinski definition) is 3. The van der Waals surface area contributed by atoms with Crippen LogP contribution < -0.4 is 4.90 Å². The van der Waals surface area contributed by atoms with E-state index in [1.807, 2.05) is 6.92 Å². The molecule has 0 spiro atoms. The van der Waals surface area contributed by atoms with Crippen LogP contribution in [0.3, 0.4) is 0 Å². The summed E-state index contributed by atoms with van der Waals surface area (Å²) in [5.41, 5.74) is 2.23. The molecule has 0 N–H and O–H groups in total. The summed E-state index contributed by atoms with van der Waals surface area (Å²) >= 11 is 6.06. The topological polar surface area (TPSA) is 29.0 Å². The van der Waals surface area contributed by atoms with E-state index in [0.29, 0.717) is 17.1 Å². The lowest BCUT2D eigenvalue weighted by atomic mass is 10.1. The molecule has 1 aromatic heterocycles. The van der Waals surface area contributed by atoms with Crippen molar-refractivity contribution in [2.75, 3.05) is 11.4 Å². The van der Waals surface area contributed by atoms with E-state index in [4.69, 9.17) is 11.6 Å². The first-order valence-corrected chi connectivity index (χ1v) is 7.64.